The lowest BCUT2D eigenvalue weighted by molar-refractivity contribution is -0.119. The Hall–Kier alpha value is -3.62. The van der Waals surface area contributed by atoms with E-state index in [0.29, 0.717) is 17.1 Å². The van der Waals surface area contributed by atoms with Crippen LogP contribution in [0.1, 0.15) is 27.4 Å². The van der Waals surface area contributed by atoms with Crippen LogP contribution < -0.4 is 11.1 Å². The maximum absolute atomic E-state index is 12.2. The summed E-state index contributed by atoms with van der Waals surface area (Å²) < 4.78 is 11.4. The SMILES string of the molecule is Cc1nn(-c2ccccc2)c(C)c1NC(=O)COC(=O)c1c(C)noc1N. The zero-order valence-corrected chi connectivity index (χ0v) is 15.1. The second-order valence-electron chi connectivity index (χ2n) is 5.92. The number of nitrogens with one attached hydrogen (secondary N) is 1. The van der Waals surface area contributed by atoms with E-state index < -0.39 is 18.5 Å². The third-order valence-corrected chi connectivity index (χ3v) is 3.98. The summed E-state index contributed by atoms with van der Waals surface area (Å²) >= 11 is 0. The molecule has 1 aromatic carbocycles. The average molecular weight is 369 g/mol. The molecule has 3 rings (SSSR count). The number of benzene rings is 1. The number of amides is 1. The Bertz CT molecular complexity index is 971. The molecule has 0 atom stereocenters. The number of nitrogens with two attached hydrogens (primary N) is 1. The highest BCUT2D eigenvalue weighted by Gasteiger charge is 2.21. The molecule has 0 aliphatic rings. The molecule has 0 fully saturated rings. The van der Waals surface area contributed by atoms with Crippen LogP contribution in [0.4, 0.5) is 11.6 Å². The fraction of sp³-hybridized carbons (Fsp3) is 0.222. The number of carbonyl (C=O) groups is 2. The standard InChI is InChI=1S/C18H19N5O4/c1-10-15(17(19)27-22-10)18(25)26-9-14(24)20-16-11(2)21-23(12(16)3)13-7-5-4-6-8-13/h4-8H,9,19H2,1-3H3,(H,20,24). The first-order valence-corrected chi connectivity index (χ1v) is 8.19. The van der Waals surface area contributed by atoms with Crippen LogP contribution >= 0.6 is 0 Å². The van der Waals surface area contributed by atoms with Crippen LogP contribution in [-0.2, 0) is 9.53 Å². The summed E-state index contributed by atoms with van der Waals surface area (Å²) in [7, 11) is 0. The Morgan fingerprint density at radius 2 is 1.89 bits per heavy atom. The number of ether oxygens (including phenoxy) is 1. The fourth-order valence-electron chi connectivity index (χ4n) is 2.66. The van der Waals surface area contributed by atoms with E-state index in [-0.39, 0.29) is 11.4 Å². The lowest BCUT2D eigenvalue weighted by atomic mass is 10.2. The number of carbonyl (C=O) groups excluding carboxylic acids is 2. The Morgan fingerprint density at radius 3 is 2.52 bits per heavy atom. The van der Waals surface area contributed by atoms with Gasteiger partial charge in [0, 0.05) is 0 Å². The second-order valence-corrected chi connectivity index (χ2v) is 5.92. The minimum absolute atomic E-state index is 0.0204. The summed E-state index contributed by atoms with van der Waals surface area (Å²) in [6.45, 7) is 4.71. The number of nitrogens with zero attached hydrogens (tertiary/aromatic N) is 3. The molecular formula is C18H19N5O4. The number of aromatic nitrogens is 3. The Morgan fingerprint density at radius 1 is 1.19 bits per heavy atom. The zero-order valence-electron chi connectivity index (χ0n) is 15.1. The summed E-state index contributed by atoms with van der Waals surface area (Å²) in [4.78, 5) is 24.2. The van der Waals surface area contributed by atoms with Gasteiger partial charge in [-0.2, -0.15) is 5.10 Å². The van der Waals surface area contributed by atoms with Crippen molar-refractivity contribution in [2.45, 2.75) is 20.8 Å². The smallest absolute Gasteiger partial charge is 0.346 e. The van der Waals surface area contributed by atoms with Crippen LogP contribution in [0.2, 0.25) is 0 Å². The molecule has 0 radical (unpaired) electrons. The molecule has 140 valence electrons. The van der Waals surface area contributed by atoms with Crippen molar-refractivity contribution in [3.05, 3.63) is 53.0 Å². The first kappa shape index (κ1) is 18.2. The summed E-state index contributed by atoms with van der Waals surface area (Å²) in [6, 6.07) is 9.55. The van der Waals surface area contributed by atoms with Crippen LogP contribution in [0.25, 0.3) is 5.69 Å². The van der Waals surface area contributed by atoms with Crippen LogP contribution in [-0.4, -0.2) is 33.4 Å². The molecule has 27 heavy (non-hydrogen) atoms. The van der Waals surface area contributed by atoms with E-state index in [1.165, 1.54) is 0 Å². The molecule has 0 aliphatic heterocycles. The maximum atomic E-state index is 12.2. The summed E-state index contributed by atoms with van der Waals surface area (Å²) in [5.74, 6) is -1.40. The van der Waals surface area contributed by atoms with Gasteiger partial charge in [-0.1, -0.05) is 23.4 Å². The van der Waals surface area contributed by atoms with Crippen LogP contribution in [0.15, 0.2) is 34.9 Å². The van der Waals surface area contributed by atoms with Crippen molar-refractivity contribution >= 4 is 23.4 Å². The number of rotatable bonds is 5. The number of hydrogen-bond acceptors (Lipinski definition) is 7. The van der Waals surface area contributed by atoms with Gasteiger partial charge in [0.1, 0.15) is 5.56 Å². The van der Waals surface area contributed by atoms with E-state index in [4.69, 9.17) is 15.0 Å². The van der Waals surface area contributed by atoms with Crippen molar-refractivity contribution in [2.75, 3.05) is 17.7 Å². The predicted octanol–water partition coefficient (Wildman–Crippen LogP) is 2.16. The fourth-order valence-corrected chi connectivity index (χ4v) is 2.66. The molecule has 0 aliphatic carbocycles. The molecule has 0 saturated carbocycles. The molecule has 9 nitrogen and oxygen atoms in total. The molecule has 2 heterocycles. The lowest BCUT2D eigenvalue weighted by Crippen LogP contribution is -2.22. The summed E-state index contributed by atoms with van der Waals surface area (Å²) in [6.07, 6.45) is 0. The minimum Gasteiger partial charge on any atom is -0.452 e. The molecule has 3 N–H and O–H groups in total. The molecule has 1 amide bonds. The van der Waals surface area contributed by atoms with E-state index in [1.807, 2.05) is 37.3 Å². The van der Waals surface area contributed by atoms with E-state index in [2.05, 4.69) is 15.6 Å². The van der Waals surface area contributed by atoms with Gasteiger partial charge in [-0.3, -0.25) is 4.79 Å². The average Bonchev–Trinajstić information content (AvgIpc) is 3.13. The van der Waals surface area contributed by atoms with Gasteiger partial charge in [0.15, 0.2) is 6.61 Å². The number of nitrogen functional groups attached to an aromatic ring is 1. The molecule has 3 aromatic rings. The number of esters is 1. The van der Waals surface area contributed by atoms with Gasteiger partial charge < -0.3 is 20.3 Å². The normalized spacial score (nSPS) is 10.6. The number of hydrogen-bond donors (Lipinski definition) is 2. The highest BCUT2D eigenvalue weighted by atomic mass is 16.5. The van der Waals surface area contributed by atoms with Gasteiger partial charge in [0.2, 0.25) is 5.88 Å². The van der Waals surface area contributed by atoms with Crippen molar-refractivity contribution in [3.63, 3.8) is 0 Å². The highest BCUT2D eigenvalue weighted by Crippen LogP contribution is 2.23. The van der Waals surface area contributed by atoms with Crippen molar-refractivity contribution in [3.8, 4) is 5.69 Å². The van der Waals surface area contributed by atoms with E-state index in [0.717, 1.165) is 11.4 Å². The summed E-state index contributed by atoms with van der Waals surface area (Å²) in [5, 5.41) is 10.8. The molecule has 9 heteroatoms. The van der Waals surface area contributed by atoms with Gasteiger partial charge in [0.05, 0.1) is 28.5 Å². The second kappa shape index (κ2) is 7.32. The topological polar surface area (TPSA) is 125 Å². The van der Waals surface area contributed by atoms with E-state index in [9.17, 15) is 9.59 Å². The Balaban J connectivity index is 1.68. The minimum atomic E-state index is -0.769. The van der Waals surface area contributed by atoms with E-state index in [1.54, 1.807) is 18.5 Å². The van der Waals surface area contributed by atoms with Gasteiger partial charge in [-0.05, 0) is 32.9 Å². The number of aryl methyl sites for hydroxylation is 2. The molecule has 0 spiro atoms. The van der Waals surface area contributed by atoms with Gasteiger partial charge >= 0.3 is 5.97 Å². The van der Waals surface area contributed by atoms with Crippen LogP contribution in [0.3, 0.4) is 0 Å². The largest absolute Gasteiger partial charge is 0.452 e. The number of anilines is 2. The molecule has 0 saturated heterocycles. The Labute approximate surface area is 155 Å². The highest BCUT2D eigenvalue weighted by molar-refractivity contribution is 5.98. The zero-order chi connectivity index (χ0) is 19.6. The summed E-state index contributed by atoms with van der Waals surface area (Å²) in [5.41, 5.74) is 8.71. The first-order valence-electron chi connectivity index (χ1n) is 8.19. The van der Waals surface area contributed by atoms with Crippen molar-refractivity contribution < 1.29 is 18.8 Å². The van der Waals surface area contributed by atoms with Crippen molar-refractivity contribution in [1.82, 2.24) is 14.9 Å². The van der Waals surface area contributed by atoms with Gasteiger partial charge in [0.25, 0.3) is 5.91 Å². The first-order chi connectivity index (χ1) is 12.9. The maximum Gasteiger partial charge on any atom is 0.346 e. The van der Waals surface area contributed by atoms with Crippen molar-refractivity contribution in [1.29, 1.82) is 0 Å². The third kappa shape index (κ3) is 3.66. The van der Waals surface area contributed by atoms with Crippen LogP contribution in [0, 0.1) is 20.8 Å². The Kier molecular flexibility index (Phi) is 4.93. The quantitative estimate of drug-likeness (QED) is 0.660. The third-order valence-electron chi connectivity index (χ3n) is 3.98. The van der Waals surface area contributed by atoms with Crippen LogP contribution in [0.5, 0.6) is 0 Å². The molecule has 0 bridgehead atoms. The van der Waals surface area contributed by atoms with Gasteiger partial charge in [-0.25, -0.2) is 9.48 Å². The monoisotopic (exact) mass is 369 g/mol. The van der Waals surface area contributed by atoms with E-state index >= 15 is 0 Å². The molecule has 0 unspecified atom stereocenters. The molecular weight excluding hydrogens is 350 g/mol. The predicted molar refractivity (Wildman–Crippen MR) is 97.6 cm³/mol. The lowest BCUT2D eigenvalue weighted by Gasteiger charge is -2.08. The van der Waals surface area contributed by atoms with Crippen molar-refractivity contribution in [2.24, 2.45) is 0 Å². The number of para-hydroxylation sites is 1. The molecule has 2 aromatic heterocycles. The van der Waals surface area contributed by atoms with Gasteiger partial charge in [-0.15, -0.1) is 0 Å².